The topological polar surface area (TPSA) is 45.8 Å². The monoisotopic (exact) mass is 324 g/mol. The van der Waals surface area contributed by atoms with E-state index < -0.39 is 0 Å². The third-order valence-corrected chi connectivity index (χ3v) is 4.82. The second-order valence-electron chi connectivity index (χ2n) is 5.52. The smallest absolute Gasteiger partial charge is 0.259 e. The summed E-state index contributed by atoms with van der Waals surface area (Å²) in [5.41, 5.74) is 1.59. The van der Waals surface area contributed by atoms with E-state index in [1.165, 1.54) is 24.2 Å². The molecule has 0 aliphatic carbocycles. The molecule has 0 spiro atoms. The fourth-order valence-corrected chi connectivity index (χ4v) is 3.47. The number of nitrogens with one attached hydrogen (secondary N) is 1. The van der Waals surface area contributed by atoms with Crippen LogP contribution in [-0.2, 0) is 0 Å². The third kappa shape index (κ3) is 3.82. The maximum atomic E-state index is 12.2. The van der Waals surface area contributed by atoms with Crippen molar-refractivity contribution < 1.29 is 0 Å². The van der Waals surface area contributed by atoms with Gasteiger partial charge in [-0.05, 0) is 36.4 Å². The molecule has 4 heteroatoms. The highest BCUT2D eigenvalue weighted by molar-refractivity contribution is 7.99. The molecule has 0 unspecified atom stereocenters. The molecular weight excluding hydrogens is 304 g/mol. The quantitative estimate of drug-likeness (QED) is 0.519. The number of fused-ring (bicyclic) bond motifs is 1. The van der Waals surface area contributed by atoms with Crippen LogP contribution in [0.4, 0.5) is 0 Å². The van der Waals surface area contributed by atoms with Gasteiger partial charge in [-0.3, -0.25) is 4.79 Å². The van der Waals surface area contributed by atoms with Crippen LogP contribution in [0.25, 0.3) is 22.3 Å². The minimum Gasteiger partial charge on any atom is -0.306 e. The highest BCUT2D eigenvalue weighted by Crippen LogP contribution is 2.25. The van der Waals surface area contributed by atoms with Crippen LogP contribution in [0.2, 0.25) is 0 Å². The predicted molar refractivity (Wildman–Crippen MR) is 98.0 cm³/mol. The number of aromatic amines is 1. The van der Waals surface area contributed by atoms with E-state index in [9.17, 15) is 4.79 Å². The average Bonchev–Trinajstić information content (AvgIpc) is 2.59. The normalized spacial score (nSPS) is 11.0. The summed E-state index contributed by atoms with van der Waals surface area (Å²) in [5.74, 6) is 1.75. The maximum Gasteiger partial charge on any atom is 0.259 e. The van der Waals surface area contributed by atoms with Crippen LogP contribution in [0.3, 0.4) is 0 Å². The van der Waals surface area contributed by atoms with Crippen LogP contribution in [0.1, 0.15) is 26.2 Å². The summed E-state index contributed by atoms with van der Waals surface area (Å²) < 4.78 is 0. The van der Waals surface area contributed by atoms with Gasteiger partial charge >= 0.3 is 0 Å². The SMILES string of the molecule is CCCCCSc1cccc(-c2nc3ccccc3c(=O)[nH]2)c1. The molecule has 1 heterocycles. The molecule has 0 saturated heterocycles. The Morgan fingerprint density at radius 2 is 1.96 bits per heavy atom. The van der Waals surface area contributed by atoms with E-state index >= 15 is 0 Å². The summed E-state index contributed by atoms with van der Waals surface area (Å²) in [5, 5.41) is 0.626. The number of nitrogens with zero attached hydrogens (tertiary/aromatic N) is 1. The van der Waals surface area contributed by atoms with Crippen LogP contribution in [0, 0.1) is 0 Å². The number of unbranched alkanes of at least 4 members (excludes halogenated alkanes) is 2. The number of aromatic nitrogens is 2. The molecular formula is C19H20N2OS. The molecule has 0 aliphatic rings. The number of para-hydroxylation sites is 1. The van der Waals surface area contributed by atoms with Crippen LogP contribution in [0.5, 0.6) is 0 Å². The van der Waals surface area contributed by atoms with Gasteiger partial charge in [0.25, 0.3) is 5.56 Å². The van der Waals surface area contributed by atoms with Crippen molar-refractivity contribution in [2.75, 3.05) is 5.75 Å². The summed E-state index contributed by atoms with van der Waals surface area (Å²) in [6.07, 6.45) is 3.74. The van der Waals surface area contributed by atoms with Gasteiger partial charge in [0.2, 0.25) is 0 Å². The highest BCUT2D eigenvalue weighted by Gasteiger charge is 2.06. The van der Waals surface area contributed by atoms with E-state index in [4.69, 9.17) is 0 Å². The van der Waals surface area contributed by atoms with Crippen molar-refractivity contribution in [3.05, 3.63) is 58.9 Å². The zero-order valence-electron chi connectivity index (χ0n) is 13.2. The largest absolute Gasteiger partial charge is 0.306 e. The Morgan fingerprint density at radius 1 is 1.09 bits per heavy atom. The molecule has 3 rings (SSSR count). The van der Waals surface area contributed by atoms with E-state index in [-0.39, 0.29) is 5.56 Å². The molecule has 0 amide bonds. The summed E-state index contributed by atoms with van der Waals surface area (Å²) in [4.78, 5) is 20.9. The molecule has 3 aromatic rings. The summed E-state index contributed by atoms with van der Waals surface area (Å²) >= 11 is 1.86. The van der Waals surface area contributed by atoms with Crippen LogP contribution < -0.4 is 5.56 Å². The van der Waals surface area contributed by atoms with Gasteiger partial charge in [-0.1, -0.05) is 44.0 Å². The van der Waals surface area contributed by atoms with E-state index in [1.807, 2.05) is 42.1 Å². The van der Waals surface area contributed by atoms with Gasteiger partial charge in [0.15, 0.2) is 0 Å². The molecule has 23 heavy (non-hydrogen) atoms. The van der Waals surface area contributed by atoms with Crippen molar-refractivity contribution in [2.45, 2.75) is 31.1 Å². The molecule has 118 valence electrons. The number of benzene rings is 2. The molecule has 0 radical (unpaired) electrons. The molecule has 1 aromatic heterocycles. The van der Waals surface area contributed by atoms with E-state index in [2.05, 4.69) is 29.0 Å². The second kappa shape index (κ2) is 7.47. The van der Waals surface area contributed by atoms with Crippen LogP contribution >= 0.6 is 11.8 Å². The first-order chi connectivity index (χ1) is 11.3. The molecule has 0 aliphatic heterocycles. The molecule has 2 aromatic carbocycles. The Labute approximate surface area is 140 Å². The summed E-state index contributed by atoms with van der Waals surface area (Å²) in [7, 11) is 0. The Bertz CT molecular complexity index is 857. The lowest BCUT2D eigenvalue weighted by Gasteiger charge is -2.06. The lowest BCUT2D eigenvalue weighted by atomic mass is 10.2. The van der Waals surface area contributed by atoms with Gasteiger partial charge < -0.3 is 4.98 Å². The Morgan fingerprint density at radius 3 is 2.83 bits per heavy atom. The molecule has 1 N–H and O–H groups in total. The average molecular weight is 324 g/mol. The highest BCUT2D eigenvalue weighted by atomic mass is 32.2. The van der Waals surface area contributed by atoms with Gasteiger partial charge in [0.05, 0.1) is 10.9 Å². The first-order valence-corrected chi connectivity index (χ1v) is 8.99. The number of H-pyrrole nitrogens is 1. The van der Waals surface area contributed by atoms with Gasteiger partial charge in [-0.15, -0.1) is 11.8 Å². The molecule has 0 bridgehead atoms. The van der Waals surface area contributed by atoms with Crippen molar-refractivity contribution in [1.82, 2.24) is 9.97 Å². The fourth-order valence-electron chi connectivity index (χ4n) is 2.50. The molecule has 3 nitrogen and oxygen atoms in total. The Hall–Kier alpha value is -2.07. The lowest BCUT2D eigenvalue weighted by Crippen LogP contribution is -2.09. The maximum absolute atomic E-state index is 12.2. The first-order valence-electron chi connectivity index (χ1n) is 8.00. The van der Waals surface area contributed by atoms with Gasteiger partial charge in [-0.25, -0.2) is 4.98 Å². The molecule has 0 fully saturated rings. The number of rotatable bonds is 6. The van der Waals surface area contributed by atoms with Gasteiger partial charge in [-0.2, -0.15) is 0 Å². The summed E-state index contributed by atoms with van der Waals surface area (Å²) in [6, 6.07) is 15.6. The standard InChI is InChI=1S/C19H20N2OS/c1-2-3-6-12-23-15-9-7-8-14(13-15)18-20-17-11-5-4-10-16(17)19(22)21-18/h4-5,7-11,13H,2-3,6,12H2,1H3,(H,20,21,22). The number of thioether (sulfide) groups is 1. The van der Waals surface area contributed by atoms with E-state index in [1.54, 1.807) is 6.07 Å². The fraction of sp³-hybridized carbons (Fsp3) is 0.263. The van der Waals surface area contributed by atoms with E-state index in [0.29, 0.717) is 11.2 Å². The molecule has 0 saturated carbocycles. The van der Waals surface area contributed by atoms with Crippen molar-refractivity contribution >= 4 is 22.7 Å². The van der Waals surface area contributed by atoms with Crippen LogP contribution in [-0.4, -0.2) is 15.7 Å². The van der Waals surface area contributed by atoms with Crippen molar-refractivity contribution in [3.63, 3.8) is 0 Å². The van der Waals surface area contributed by atoms with Crippen molar-refractivity contribution in [2.24, 2.45) is 0 Å². The predicted octanol–water partition coefficient (Wildman–Crippen LogP) is 4.87. The summed E-state index contributed by atoms with van der Waals surface area (Å²) in [6.45, 7) is 2.22. The zero-order chi connectivity index (χ0) is 16.1. The van der Waals surface area contributed by atoms with E-state index in [0.717, 1.165) is 16.8 Å². The van der Waals surface area contributed by atoms with Gasteiger partial charge in [0.1, 0.15) is 5.82 Å². The number of hydrogen-bond donors (Lipinski definition) is 1. The first kappa shape index (κ1) is 15.8. The third-order valence-electron chi connectivity index (χ3n) is 3.74. The van der Waals surface area contributed by atoms with Crippen molar-refractivity contribution in [1.29, 1.82) is 0 Å². The Balaban J connectivity index is 1.88. The minimum absolute atomic E-state index is 0.0911. The van der Waals surface area contributed by atoms with Gasteiger partial charge in [0, 0.05) is 10.5 Å². The second-order valence-corrected chi connectivity index (χ2v) is 6.68. The molecule has 0 atom stereocenters. The Kier molecular flexibility index (Phi) is 5.13. The van der Waals surface area contributed by atoms with Crippen LogP contribution in [0.15, 0.2) is 58.2 Å². The lowest BCUT2D eigenvalue weighted by molar-refractivity contribution is 0.778. The number of hydrogen-bond acceptors (Lipinski definition) is 3. The zero-order valence-corrected chi connectivity index (χ0v) is 14.0. The van der Waals surface area contributed by atoms with Crippen molar-refractivity contribution in [3.8, 4) is 11.4 Å². The minimum atomic E-state index is -0.0911.